The zero-order chi connectivity index (χ0) is 10.6. The van der Waals surface area contributed by atoms with Crippen LogP contribution < -0.4 is 11.5 Å². The van der Waals surface area contributed by atoms with Crippen LogP contribution in [0.3, 0.4) is 0 Å². The van der Waals surface area contributed by atoms with Gasteiger partial charge in [-0.2, -0.15) is 0 Å². The van der Waals surface area contributed by atoms with E-state index in [1.807, 2.05) is 0 Å². The molecule has 4 nitrogen and oxygen atoms in total. The molecule has 1 saturated carbocycles. The highest BCUT2D eigenvalue weighted by atomic mass is 16.3. The second-order valence-corrected chi connectivity index (χ2v) is 4.35. The average Bonchev–Trinajstić information content (AvgIpc) is 2.27. The molecule has 0 radical (unpaired) electrons. The fourth-order valence-electron chi connectivity index (χ4n) is 2.22. The van der Waals surface area contributed by atoms with Gasteiger partial charge < -0.3 is 21.7 Å². The topological polar surface area (TPSA) is 92.5 Å². The molecule has 0 aromatic rings. The molecule has 1 rings (SSSR count). The van der Waals surface area contributed by atoms with Crippen molar-refractivity contribution in [3.05, 3.63) is 0 Å². The van der Waals surface area contributed by atoms with Gasteiger partial charge in [0.05, 0.1) is 18.8 Å². The predicted molar refractivity (Wildman–Crippen MR) is 55.6 cm³/mol. The Bertz CT molecular complexity index is 158. The van der Waals surface area contributed by atoms with Crippen LogP contribution >= 0.6 is 0 Å². The Morgan fingerprint density at radius 2 is 1.79 bits per heavy atom. The number of hydrogen-bond acceptors (Lipinski definition) is 4. The maximum absolute atomic E-state index is 9.79. The Morgan fingerprint density at radius 1 is 1.21 bits per heavy atom. The van der Waals surface area contributed by atoms with E-state index in [1.165, 1.54) is 0 Å². The van der Waals surface area contributed by atoms with E-state index in [4.69, 9.17) is 16.6 Å². The minimum Gasteiger partial charge on any atom is -0.395 e. The van der Waals surface area contributed by atoms with Crippen molar-refractivity contribution in [3.8, 4) is 0 Å². The van der Waals surface area contributed by atoms with Crippen LogP contribution in [0.4, 0.5) is 0 Å². The van der Waals surface area contributed by atoms with Gasteiger partial charge in [0.25, 0.3) is 0 Å². The van der Waals surface area contributed by atoms with E-state index in [0.29, 0.717) is 5.92 Å². The van der Waals surface area contributed by atoms with Crippen LogP contribution in [0.2, 0.25) is 0 Å². The molecule has 0 spiro atoms. The molecule has 0 aromatic heterocycles. The predicted octanol–water partition coefficient (Wildman–Crippen LogP) is -0.568. The molecule has 2 unspecified atom stereocenters. The summed E-state index contributed by atoms with van der Waals surface area (Å²) in [7, 11) is 0. The quantitative estimate of drug-likeness (QED) is 0.491. The van der Waals surface area contributed by atoms with Crippen molar-refractivity contribution in [2.24, 2.45) is 23.3 Å². The number of nitrogens with two attached hydrogens (primary N) is 2. The lowest BCUT2D eigenvalue weighted by Gasteiger charge is -2.32. The fraction of sp³-hybridized carbons (Fsp3) is 1.00. The first-order valence-corrected chi connectivity index (χ1v) is 5.43. The highest BCUT2D eigenvalue weighted by Crippen LogP contribution is 2.30. The SMILES string of the molecule is NCC1CCC(C(O)C(N)CO)CC1. The van der Waals surface area contributed by atoms with Gasteiger partial charge in [-0.05, 0) is 44.1 Å². The van der Waals surface area contributed by atoms with E-state index in [1.54, 1.807) is 0 Å². The summed E-state index contributed by atoms with van der Waals surface area (Å²) in [4.78, 5) is 0. The summed E-state index contributed by atoms with van der Waals surface area (Å²) >= 11 is 0. The van der Waals surface area contributed by atoms with Crippen LogP contribution in [-0.4, -0.2) is 35.5 Å². The van der Waals surface area contributed by atoms with Gasteiger partial charge in [-0.25, -0.2) is 0 Å². The van der Waals surface area contributed by atoms with E-state index in [2.05, 4.69) is 0 Å². The summed E-state index contributed by atoms with van der Waals surface area (Å²) in [5.41, 5.74) is 11.2. The van der Waals surface area contributed by atoms with Gasteiger partial charge in [0.1, 0.15) is 0 Å². The summed E-state index contributed by atoms with van der Waals surface area (Å²) in [6, 6.07) is -0.491. The fourth-order valence-corrected chi connectivity index (χ4v) is 2.22. The standard InChI is InChI=1S/C10H22N2O2/c11-5-7-1-3-8(4-2-7)10(14)9(12)6-13/h7-10,13-14H,1-6,11-12H2. The molecule has 0 saturated heterocycles. The minimum atomic E-state index is -0.557. The van der Waals surface area contributed by atoms with Gasteiger partial charge in [-0.15, -0.1) is 0 Å². The van der Waals surface area contributed by atoms with E-state index < -0.39 is 12.1 Å². The lowest BCUT2D eigenvalue weighted by Crippen LogP contribution is -2.44. The minimum absolute atomic E-state index is 0.141. The summed E-state index contributed by atoms with van der Waals surface area (Å²) in [6.45, 7) is 0.604. The molecule has 1 aliphatic rings. The number of rotatable bonds is 4. The molecule has 0 heterocycles. The lowest BCUT2D eigenvalue weighted by atomic mass is 9.78. The number of aliphatic hydroxyl groups is 2. The molecule has 1 aliphatic carbocycles. The first-order valence-electron chi connectivity index (χ1n) is 5.43. The highest BCUT2D eigenvalue weighted by Gasteiger charge is 2.28. The zero-order valence-electron chi connectivity index (χ0n) is 8.60. The number of aliphatic hydroxyl groups excluding tert-OH is 2. The molecule has 0 bridgehead atoms. The molecule has 1 fully saturated rings. The van der Waals surface area contributed by atoms with Crippen molar-refractivity contribution < 1.29 is 10.2 Å². The second-order valence-electron chi connectivity index (χ2n) is 4.35. The largest absolute Gasteiger partial charge is 0.395 e. The monoisotopic (exact) mass is 202 g/mol. The van der Waals surface area contributed by atoms with Crippen molar-refractivity contribution in [2.75, 3.05) is 13.2 Å². The number of hydrogen-bond donors (Lipinski definition) is 4. The van der Waals surface area contributed by atoms with Crippen molar-refractivity contribution in [3.63, 3.8) is 0 Å². The Morgan fingerprint density at radius 3 is 2.21 bits per heavy atom. The molecule has 6 N–H and O–H groups in total. The first kappa shape index (κ1) is 11.9. The van der Waals surface area contributed by atoms with Crippen LogP contribution in [0.25, 0.3) is 0 Å². The van der Waals surface area contributed by atoms with Gasteiger partial charge in [0, 0.05) is 0 Å². The van der Waals surface area contributed by atoms with Crippen molar-refractivity contribution >= 4 is 0 Å². The smallest absolute Gasteiger partial charge is 0.0741 e. The van der Waals surface area contributed by atoms with Gasteiger partial charge in [0.15, 0.2) is 0 Å². The molecule has 4 heteroatoms. The highest BCUT2D eigenvalue weighted by molar-refractivity contribution is 4.83. The summed E-state index contributed by atoms with van der Waals surface area (Å²) in [5.74, 6) is 0.865. The average molecular weight is 202 g/mol. The van der Waals surface area contributed by atoms with Crippen LogP contribution in [0.5, 0.6) is 0 Å². The van der Waals surface area contributed by atoms with Crippen LogP contribution in [0, 0.1) is 11.8 Å². The van der Waals surface area contributed by atoms with Crippen molar-refractivity contribution in [1.82, 2.24) is 0 Å². The molecule has 0 aromatic carbocycles. The van der Waals surface area contributed by atoms with Gasteiger partial charge in [-0.3, -0.25) is 0 Å². The Kier molecular flexibility index (Phi) is 4.81. The molecular formula is C10H22N2O2. The third-order valence-corrected chi connectivity index (χ3v) is 3.36. The van der Waals surface area contributed by atoms with Gasteiger partial charge in [-0.1, -0.05) is 0 Å². The molecule has 0 amide bonds. The molecular weight excluding hydrogens is 180 g/mol. The molecule has 14 heavy (non-hydrogen) atoms. The Hall–Kier alpha value is -0.160. The lowest BCUT2D eigenvalue weighted by molar-refractivity contribution is 0.0361. The Balaban J connectivity index is 2.33. The van der Waals surface area contributed by atoms with Gasteiger partial charge >= 0.3 is 0 Å². The van der Waals surface area contributed by atoms with Crippen molar-refractivity contribution in [1.29, 1.82) is 0 Å². The maximum Gasteiger partial charge on any atom is 0.0741 e. The third-order valence-electron chi connectivity index (χ3n) is 3.36. The third kappa shape index (κ3) is 2.92. The van der Waals surface area contributed by atoms with E-state index in [-0.39, 0.29) is 12.5 Å². The summed E-state index contributed by atoms with van der Waals surface area (Å²) < 4.78 is 0. The van der Waals surface area contributed by atoms with Crippen LogP contribution in [-0.2, 0) is 0 Å². The first-order chi connectivity index (χ1) is 6.69. The van der Waals surface area contributed by atoms with Gasteiger partial charge in [0.2, 0.25) is 0 Å². The van der Waals surface area contributed by atoms with Crippen molar-refractivity contribution in [2.45, 2.75) is 37.8 Å². The maximum atomic E-state index is 9.79. The van der Waals surface area contributed by atoms with Crippen LogP contribution in [0.15, 0.2) is 0 Å². The molecule has 0 aliphatic heterocycles. The molecule has 84 valence electrons. The normalized spacial score (nSPS) is 32.6. The van der Waals surface area contributed by atoms with E-state index in [9.17, 15) is 5.11 Å². The molecule has 2 atom stereocenters. The van der Waals surface area contributed by atoms with E-state index in [0.717, 1.165) is 32.2 Å². The summed E-state index contributed by atoms with van der Waals surface area (Å²) in [6.07, 6.45) is 3.57. The Labute approximate surface area is 85.3 Å². The second kappa shape index (κ2) is 5.66. The van der Waals surface area contributed by atoms with E-state index >= 15 is 0 Å². The van der Waals surface area contributed by atoms with Crippen LogP contribution in [0.1, 0.15) is 25.7 Å². The zero-order valence-corrected chi connectivity index (χ0v) is 8.60. The summed E-state index contributed by atoms with van der Waals surface area (Å²) in [5, 5.41) is 18.6.